The van der Waals surface area contributed by atoms with Crippen LogP contribution in [0.25, 0.3) is 0 Å². The van der Waals surface area contributed by atoms with Crippen LogP contribution in [0.3, 0.4) is 0 Å². The van der Waals surface area contributed by atoms with Gasteiger partial charge in [0.2, 0.25) is 5.90 Å². The predicted molar refractivity (Wildman–Crippen MR) is 150 cm³/mol. The first-order valence-electron chi connectivity index (χ1n) is 11.6. The average molecular weight is 537 g/mol. The Labute approximate surface area is 222 Å². The van der Waals surface area contributed by atoms with Crippen molar-refractivity contribution >= 4 is 34.9 Å². The monoisotopic (exact) mass is 535 g/mol. The van der Waals surface area contributed by atoms with Gasteiger partial charge >= 0.3 is 0 Å². The van der Waals surface area contributed by atoms with Gasteiger partial charge in [-0.1, -0.05) is 61.8 Å². The molecule has 0 fully saturated rings. The normalized spacial score (nSPS) is 11.7. The topological polar surface area (TPSA) is 119 Å². The molecular weight excluding hydrogens is 501 g/mol. The van der Waals surface area contributed by atoms with E-state index in [-0.39, 0.29) is 23.1 Å². The number of rotatable bonds is 13. The largest absolute Gasteiger partial charge is 0.395 e. The van der Waals surface area contributed by atoms with E-state index in [1.54, 1.807) is 12.3 Å². The second-order valence-corrected chi connectivity index (χ2v) is 7.93. The number of nitrogens with one attached hydrogen (secondary N) is 2. The highest BCUT2D eigenvalue weighted by molar-refractivity contribution is 6.30. The van der Waals surface area contributed by atoms with Gasteiger partial charge in [-0.3, -0.25) is 14.3 Å². The highest BCUT2D eigenvalue weighted by Crippen LogP contribution is 2.08. The smallest absolute Gasteiger partial charge is 0.294 e. The molecule has 0 radical (unpaired) electrons. The number of anilines is 1. The number of pyridine rings is 1. The van der Waals surface area contributed by atoms with Crippen LogP contribution in [0.4, 0.5) is 5.82 Å². The molecule has 0 saturated carbocycles. The van der Waals surface area contributed by atoms with Crippen LogP contribution in [0.2, 0.25) is 5.15 Å². The molecule has 9 nitrogen and oxygen atoms in total. The Bertz CT molecular complexity index is 1080. The molecule has 2 aromatic heterocycles. The van der Waals surface area contributed by atoms with Crippen molar-refractivity contribution in [2.24, 2.45) is 10.9 Å². The lowest BCUT2D eigenvalue weighted by atomic mass is 10.2. The van der Waals surface area contributed by atoms with Gasteiger partial charge in [0.25, 0.3) is 5.56 Å². The second-order valence-electron chi connectivity index (χ2n) is 7.05. The Hall–Kier alpha value is -2.98. The highest BCUT2D eigenvalue weighted by Gasteiger charge is 2.09. The number of nitrogens with zero attached hydrogens (tertiary/aromatic N) is 4. The van der Waals surface area contributed by atoms with Crippen LogP contribution < -0.4 is 22.1 Å². The van der Waals surface area contributed by atoms with Crippen molar-refractivity contribution in [2.45, 2.75) is 33.7 Å². The van der Waals surface area contributed by atoms with Crippen LogP contribution in [0.5, 0.6) is 0 Å². The number of aliphatic imine (C=N–C) groups is 1. The van der Waals surface area contributed by atoms with Crippen LogP contribution >= 0.6 is 23.2 Å². The van der Waals surface area contributed by atoms with Gasteiger partial charge in [-0.15, -0.1) is 0 Å². The minimum Gasteiger partial charge on any atom is -0.395 e. The maximum Gasteiger partial charge on any atom is 0.294 e. The Kier molecular flexibility index (Phi) is 15.8. The number of halogens is 2. The predicted octanol–water partition coefficient (Wildman–Crippen LogP) is 4.11. The summed E-state index contributed by atoms with van der Waals surface area (Å²) in [5, 5.41) is 6.84. The van der Waals surface area contributed by atoms with Crippen LogP contribution in [-0.2, 0) is 17.8 Å². The first-order valence-corrected chi connectivity index (χ1v) is 12.4. The molecule has 2 aromatic rings. The quantitative estimate of drug-likeness (QED) is 0.116. The number of allylic oxidation sites excluding steroid dienone is 3. The summed E-state index contributed by atoms with van der Waals surface area (Å²) in [6.45, 7) is 11.4. The van der Waals surface area contributed by atoms with Gasteiger partial charge in [0.05, 0.1) is 19.3 Å². The van der Waals surface area contributed by atoms with E-state index in [4.69, 9.17) is 33.9 Å². The molecule has 0 aliphatic carbocycles. The molecule has 36 heavy (non-hydrogen) atoms. The fourth-order valence-corrected chi connectivity index (χ4v) is 3.26. The second kappa shape index (κ2) is 18.3. The molecule has 0 aliphatic rings. The lowest BCUT2D eigenvalue weighted by molar-refractivity contribution is 0.310. The number of aromatic nitrogens is 3. The molecule has 2 rings (SSSR count). The summed E-state index contributed by atoms with van der Waals surface area (Å²) in [5.41, 5.74) is 1.48. The fourth-order valence-electron chi connectivity index (χ4n) is 2.91. The van der Waals surface area contributed by atoms with E-state index in [2.05, 4.69) is 32.2 Å². The molecule has 196 valence electrons. The van der Waals surface area contributed by atoms with E-state index in [0.29, 0.717) is 43.5 Å². The molecule has 0 bridgehead atoms. The summed E-state index contributed by atoms with van der Waals surface area (Å²) in [5.74, 6) is 5.87. The fraction of sp³-hybridized carbons (Fsp3) is 0.360. The summed E-state index contributed by atoms with van der Waals surface area (Å²) in [7, 11) is 0. The molecule has 0 unspecified atom stereocenters. The van der Waals surface area contributed by atoms with E-state index < -0.39 is 0 Å². The molecule has 0 spiro atoms. The lowest BCUT2D eigenvalue weighted by Gasteiger charge is -2.12. The molecule has 2 heterocycles. The van der Waals surface area contributed by atoms with Crippen LogP contribution in [0.15, 0.2) is 75.8 Å². The third kappa shape index (κ3) is 11.6. The van der Waals surface area contributed by atoms with Crippen molar-refractivity contribution in [3.8, 4) is 0 Å². The Balaban J connectivity index is 0.00000316. The molecule has 0 atom stereocenters. The zero-order valence-electron chi connectivity index (χ0n) is 21.0. The molecule has 11 heteroatoms. The van der Waals surface area contributed by atoms with Gasteiger partial charge in [0, 0.05) is 43.0 Å². The number of hydrogen-bond acceptors (Lipinski definition) is 8. The van der Waals surface area contributed by atoms with E-state index in [1.807, 2.05) is 51.1 Å². The summed E-state index contributed by atoms with van der Waals surface area (Å²) < 4.78 is 1.43. The third-order valence-corrected chi connectivity index (χ3v) is 4.90. The van der Waals surface area contributed by atoms with Crippen molar-refractivity contribution in [2.75, 3.05) is 31.5 Å². The average Bonchev–Trinajstić information content (AvgIpc) is 2.88. The lowest BCUT2D eigenvalue weighted by Crippen LogP contribution is -2.33. The third-order valence-electron chi connectivity index (χ3n) is 4.49. The van der Waals surface area contributed by atoms with E-state index in [9.17, 15) is 4.79 Å². The van der Waals surface area contributed by atoms with Crippen molar-refractivity contribution in [3.63, 3.8) is 0 Å². The van der Waals surface area contributed by atoms with Crippen LogP contribution in [-0.4, -0.2) is 46.6 Å². The molecule has 0 amide bonds. The summed E-state index contributed by atoms with van der Waals surface area (Å²) in [6.07, 6.45) is 9.31. The Morgan fingerprint density at radius 3 is 2.72 bits per heavy atom. The highest BCUT2D eigenvalue weighted by atomic mass is 35.5. The van der Waals surface area contributed by atoms with Gasteiger partial charge < -0.3 is 15.5 Å². The van der Waals surface area contributed by atoms with Gasteiger partial charge in [0.15, 0.2) is 5.82 Å². The van der Waals surface area contributed by atoms with E-state index in [0.717, 1.165) is 11.3 Å². The van der Waals surface area contributed by atoms with Gasteiger partial charge in [-0.25, -0.2) is 9.98 Å². The maximum absolute atomic E-state index is 12.8. The molecular formula is C25H35Cl2N7O2. The standard InChI is InChI=1S/C23H29Cl2N7O2.C2H6/c1-3-6-18(13-17(2)24)14-30-21(34-26)16-27-11-12-32-20(25)15-31-22(23(32)33)29-10-8-19-7-4-5-9-28-19;1-2/h3-7,9,13,15,27H,2,8,10-12,14,16,26H2,1H3,(H,29,31);1-2H3/b6-3-,18-13+,30-21?;. The zero-order chi connectivity index (χ0) is 26.8. The van der Waals surface area contributed by atoms with E-state index in [1.165, 1.54) is 10.8 Å². The van der Waals surface area contributed by atoms with Gasteiger partial charge in [-0.05, 0) is 30.7 Å². The SMILES string of the molecule is C=C(Cl)/C=C(\C=C/C)CN=C(CNCCn1c(Cl)cnc(NCCc2ccccn2)c1=O)ON.CC. The molecule has 4 N–H and O–H groups in total. The molecule has 0 saturated heterocycles. The van der Waals surface area contributed by atoms with Crippen molar-refractivity contribution in [3.05, 3.63) is 87.2 Å². The van der Waals surface area contributed by atoms with Gasteiger partial charge in [0.1, 0.15) is 5.15 Å². The van der Waals surface area contributed by atoms with Crippen LogP contribution in [0.1, 0.15) is 26.5 Å². The summed E-state index contributed by atoms with van der Waals surface area (Å²) in [4.78, 5) is 30.3. The Morgan fingerprint density at radius 1 is 1.31 bits per heavy atom. The van der Waals surface area contributed by atoms with Crippen molar-refractivity contribution < 1.29 is 4.84 Å². The first kappa shape index (κ1) is 31.1. The van der Waals surface area contributed by atoms with E-state index >= 15 is 0 Å². The zero-order valence-corrected chi connectivity index (χ0v) is 22.5. The van der Waals surface area contributed by atoms with Crippen LogP contribution in [0, 0.1) is 0 Å². The number of nitrogens with two attached hydrogens (primary N) is 1. The maximum atomic E-state index is 12.8. The first-order chi connectivity index (χ1) is 17.4. The summed E-state index contributed by atoms with van der Waals surface area (Å²) >= 11 is 12.0. The molecule has 0 aliphatic heterocycles. The molecule has 0 aromatic carbocycles. The van der Waals surface area contributed by atoms with Crippen molar-refractivity contribution in [1.29, 1.82) is 0 Å². The van der Waals surface area contributed by atoms with Crippen molar-refractivity contribution in [1.82, 2.24) is 19.9 Å². The minimum absolute atomic E-state index is 0.233. The van der Waals surface area contributed by atoms with Gasteiger partial charge in [-0.2, -0.15) is 5.90 Å². The Morgan fingerprint density at radius 2 is 2.08 bits per heavy atom. The summed E-state index contributed by atoms with van der Waals surface area (Å²) in [6, 6.07) is 5.70. The number of hydrogen-bond donors (Lipinski definition) is 3. The minimum atomic E-state index is -0.304.